The van der Waals surface area contributed by atoms with Crippen LogP contribution in [0, 0.1) is 5.92 Å². The van der Waals surface area contributed by atoms with E-state index in [2.05, 4.69) is 31.4 Å². The van der Waals surface area contributed by atoms with Crippen LogP contribution in [0.4, 0.5) is 0 Å². The summed E-state index contributed by atoms with van der Waals surface area (Å²) < 4.78 is 0. The lowest BCUT2D eigenvalue weighted by molar-refractivity contribution is 0.510. The smallest absolute Gasteiger partial charge is 0.0389 e. The van der Waals surface area contributed by atoms with Crippen LogP contribution in [0.5, 0.6) is 0 Å². The van der Waals surface area contributed by atoms with E-state index in [1.165, 1.54) is 11.3 Å². The van der Waals surface area contributed by atoms with Crippen LogP contribution < -0.4 is 5.73 Å². The summed E-state index contributed by atoms with van der Waals surface area (Å²) in [5, 5.41) is 2.09. The molecule has 1 nitrogen and oxygen atoms in total. The fraction of sp³-hybridized carbons (Fsp3) is 0.600. The van der Waals surface area contributed by atoms with Gasteiger partial charge in [0.15, 0.2) is 0 Å². The molecule has 1 heterocycles. The van der Waals surface area contributed by atoms with Crippen LogP contribution in [-0.4, -0.2) is 0 Å². The van der Waals surface area contributed by atoms with Gasteiger partial charge in [0.1, 0.15) is 0 Å². The van der Waals surface area contributed by atoms with Crippen LogP contribution in [-0.2, 0) is 0 Å². The first-order valence-corrected chi connectivity index (χ1v) is 5.37. The van der Waals surface area contributed by atoms with E-state index in [1.54, 1.807) is 11.3 Å². The van der Waals surface area contributed by atoms with Gasteiger partial charge in [0.2, 0.25) is 0 Å². The predicted molar refractivity (Wildman–Crippen MR) is 55.3 cm³/mol. The largest absolute Gasteiger partial charge is 0.323 e. The summed E-state index contributed by atoms with van der Waals surface area (Å²) in [4.78, 5) is 1.32. The molecule has 2 N–H and O–H groups in total. The predicted octanol–water partition coefficient (Wildman–Crippen LogP) is 3.18. The molecule has 1 aromatic heterocycles. The molecule has 0 aliphatic rings. The number of hydrogen-bond acceptors (Lipinski definition) is 2. The Hall–Kier alpha value is -0.340. The van der Waals surface area contributed by atoms with Gasteiger partial charge in [-0.1, -0.05) is 19.9 Å². The number of hydrogen-bond donors (Lipinski definition) is 1. The van der Waals surface area contributed by atoms with Crippen LogP contribution in [0.1, 0.15) is 37.6 Å². The molecule has 0 amide bonds. The first-order valence-electron chi connectivity index (χ1n) is 4.49. The molecule has 0 saturated carbocycles. The molecule has 0 aromatic carbocycles. The van der Waals surface area contributed by atoms with Gasteiger partial charge >= 0.3 is 0 Å². The zero-order valence-corrected chi connectivity index (χ0v) is 8.60. The van der Waals surface area contributed by atoms with Crippen LogP contribution in [0.2, 0.25) is 0 Å². The monoisotopic (exact) mass is 183 g/mol. The van der Waals surface area contributed by atoms with Crippen LogP contribution in [0.15, 0.2) is 17.5 Å². The molecule has 68 valence electrons. The second kappa shape index (κ2) is 4.63. The Morgan fingerprint density at radius 2 is 2.17 bits per heavy atom. The molecule has 0 fully saturated rings. The van der Waals surface area contributed by atoms with E-state index in [1.807, 2.05) is 0 Å². The van der Waals surface area contributed by atoms with Crippen LogP contribution in [0.25, 0.3) is 0 Å². The van der Waals surface area contributed by atoms with Gasteiger partial charge in [-0.2, -0.15) is 0 Å². The number of nitrogens with two attached hydrogens (primary N) is 1. The Bertz CT molecular complexity index is 204. The van der Waals surface area contributed by atoms with Crippen molar-refractivity contribution >= 4 is 11.3 Å². The highest BCUT2D eigenvalue weighted by Gasteiger charge is 2.06. The molecule has 0 spiro atoms. The summed E-state index contributed by atoms with van der Waals surface area (Å²) in [5.74, 6) is 0.760. The normalized spacial score (nSPS) is 13.7. The second-order valence-corrected chi connectivity index (χ2v) is 4.57. The number of rotatable bonds is 4. The highest BCUT2D eigenvalue weighted by molar-refractivity contribution is 7.10. The maximum Gasteiger partial charge on any atom is 0.0389 e. The Labute approximate surface area is 78.6 Å². The van der Waals surface area contributed by atoms with Crippen molar-refractivity contribution in [2.75, 3.05) is 0 Å². The van der Waals surface area contributed by atoms with Crippen molar-refractivity contribution in [1.82, 2.24) is 0 Å². The van der Waals surface area contributed by atoms with Crippen molar-refractivity contribution in [3.8, 4) is 0 Å². The summed E-state index contributed by atoms with van der Waals surface area (Å²) in [6, 6.07) is 4.44. The van der Waals surface area contributed by atoms with Gasteiger partial charge in [-0.25, -0.2) is 0 Å². The third kappa shape index (κ3) is 2.95. The van der Waals surface area contributed by atoms with Gasteiger partial charge in [0.25, 0.3) is 0 Å². The van der Waals surface area contributed by atoms with Gasteiger partial charge in [-0.05, 0) is 30.2 Å². The fourth-order valence-corrected chi connectivity index (χ4v) is 1.92. The lowest BCUT2D eigenvalue weighted by Crippen LogP contribution is -2.09. The highest BCUT2D eigenvalue weighted by atomic mass is 32.1. The molecular formula is C10H17NS. The lowest BCUT2D eigenvalue weighted by Gasteiger charge is -2.10. The third-order valence-corrected chi connectivity index (χ3v) is 2.97. The molecular weight excluding hydrogens is 166 g/mol. The molecule has 2 heteroatoms. The van der Waals surface area contributed by atoms with E-state index in [-0.39, 0.29) is 6.04 Å². The standard InChI is InChI=1S/C10H17NS/c1-8(2)5-6-9(11)10-4-3-7-12-10/h3-4,7-9H,5-6,11H2,1-2H3/t9-/m1/s1. The minimum Gasteiger partial charge on any atom is -0.323 e. The van der Waals surface area contributed by atoms with Crippen LogP contribution in [0.3, 0.4) is 0 Å². The molecule has 1 atom stereocenters. The van der Waals surface area contributed by atoms with Crippen molar-refractivity contribution in [2.24, 2.45) is 11.7 Å². The van der Waals surface area contributed by atoms with Gasteiger partial charge in [-0.15, -0.1) is 11.3 Å². The number of thiophene rings is 1. The van der Waals surface area contributed by atoms with E-state index in [9.17, 15) is 0 Å². The molecule has 0 radical (unpaired) electrons. The minimum atomic E-state index is 0.257. The molecule has 1 aromatic rings. The van der Waals surface area contributed by atoms with Gasteiger partial charge < -0.3 is 5.73 Å². The van der Waals surface area contributed by atoms with E-state index in [0.29, 0.717) is 0 Å². The van der Waals surface area contributed by atoms with E-state index in [4.69, 9.17) is 5.73 Å². The van der Waals surface area contributed by atoms with E-state index in [0.717, 1.165) is 12.3 Å². The van der Waals surface area contributed by atoms with E-state index < -0.39 is 0 Å². The Kier molecular flexibility index (Phi) is 3.76. The van der Waals surface area contributed by atoms with Gasteiger partial charge in [-0.3, -0.25) is 0 Å². The summed E-state index contributed by atoms with van der Waals surface area (Å²) in [7, 11) is 0. The molecule has 0 bridgehead atoms. The molecule has 0 saturated heterocycles. The summed E-state index contributed by atoms with van der Waals surface area (Å²) in [6.07, 6.45) is 2.33. The average molecular weight is 183 g/mol. The zero-order valence-electron chi connectivity index (χ0n) is 7.79. The first-order chi connectivity index (χ1) is 5.70. The minimum absolute atomic E-state index is 0.257. The highest BCUT2D eigenvalue weighted by Crippen LogP contribution is 2.22. The molecule has 12 heavy (non-hydrogen) atoms. The maximum absolute atomic E-state index is 6.00. The third-order valence-electron chi connectivity index (χ3n) is 1.96. The molecule has 0 aliphatic carbocycles. The molecule has 0 unspecified atom stereocenters. The first kappa shape index (κ1) is 9.75. The van der Waals surface area contributed by atoms with Crippen molar-refractivity contribution in [2.45, 2.75) is 32.7 Å². The second-order valence-electron chi connectivity index (χ2n) is 3.59. The summed E-state index contributed by atoms with van der Waals surface area (Å²) in [6.45, 7) is 4.47. The average Bonchev–Trinajstić information content (AvgIpc) is 2.51. The van der Waals surface area contributed by atoms with Crippen molar-refractivity contribution < 1.29 is 0 Å². The van der Waals surface area contributed by atoms with Crippen molar-refractivity contribution in [3.05, 3.63) is 22.4 Å². The van der Waals surface area contributed by atoms with Gasteiger partial charge in [0.05, 0.1) is 0 Å². The lowest BCUT2D eigenvalue weighted by atomic mass is 10.0. The Morgan fingerprint density at radius 3 is 2.67 bits per heavy atom. The van der Waals surface area contributed by atoms with Gasteiger partial charge in [0, 0.05) is 10.9 Å². The van der Waals surface area contributed by atoms with Crippen molar-refractivity contribution in [1.29, 1.82) is 0 Å². The molecule has 0 aliphatic heterocycles. The quantitative estimate of drug-likeness (QED) is 0.762. The van der Waals surface area contributed by atoms with Crippen LogP contribution >= 0.6 is 11.3 Å². The Morgan fingerprint density at radius 1 is 1.42 bits per heavy atom. The fourth-order valence-electron chi connectivity index (χ4n) is 1.16. The van der Waals surface area contributed by atoms with Crippen molar-refractivity contribution in [3.63, 3.8) is 0 Å². The topological polar surface area (TPSA) is 26.0 Å². The zero-order chi connectivity index (χ0) is 8.97. The Balaban J connectivity index is 2.34. The summed E-state index contributed by atoms with van der Waals surface area (Å²) >= 11 is 1.76. The SMILES string of the molecule is CC(C)CC[C@@H](N)c1cccs1. The molecule has 1 rings (SSSR count). The summed E-state index contributed by atoms with van der Waals surface area (Å²) in [5.41, 5.74) is 6.00. The van der Waals surface area contributed by atoms with E-state index >= 15 is 0 Å². The maximum atomic E-state index is 6.00.